The fourth-order valence-electron chi connectivity index (χ4n) is 5.62. The number of H-pyrrole nitrogens is 1. The topological polar surface area (TPSA) is 91.9 Å². The molecule has 0 aliphatic rings. The molecule has 0 aliphatic heterocycles. The van der Waals surface area contributed by atoms with Gasteiger partial charge in [0.25, 0.3) is 0 Å². The van der Waals surface area contributed by atoms with E-state index < -0.39 is 15.9 Å². The Bertz CT molecular complexity index is 1970. The molecule has 5 aromatic carbocycles. The SMILES string of the molecule is COc1ccc(S(=O)(=O)c2ccc(CCN(Cc3ccccc3)CC(O)COc3cccc4[nH]c5ccccc5c34)cc2)cc1. The maximum Gasteiger partial charge on any atom is 0.206 e. The number of hydrogen-bond donors (Lipinski definition) is 2. The van der Waals surface area contributed by atoms with Crippen molar-refractivity contribution in [2.24, 2.45) is 0 Å². The molecule has 1 heterocycles. The van der Waals surface area contributed by atoms with E-state index in [1.807, 2.05) is 66.7 Å². The number of para-hydroxylation sites is 1. The third kappa shape index (κ3) is 7.04. The molecule has 0 saturated heterocycles. The first-order valence-electron chi connectivity index (χ1n) is 15.0. The van der Waals surface area contributed by atoms with Crippen molar-refractivity contribution in [1.82, 2.24) is 9.88 Å². The van der Waals surface area contributed by atoms with Gasteiger partial charge in [-0.2, -0.15) is 0 Å². The molecule has 2 N–H and O–H groups in total. The first-order chi connectivity index (χ1) is 21.9. The van der Waals surface area contributed by atoms with Crippen molar-refractivity contribution >= 4 is 31.6 Å². The number of hydrogen-bond acceptors (Lipinski definition) is 6. The zero-order valence-electron chi connectivity index (χ0n) is 25.1. The summed E-state index contributed by atoms with van der Waals surface area (Å²) in [6.07, 6.45) is -0.0241. The van der Waals surface area contributed by atoms with Crippen LogP contribution in [0.4, 0.5) is 0 Å². The van der Waals surface area contributed by atoms with E-state index in [4.69, 9.17) is 9.47 Å². The van der Waals surface area contributed by atoms with Crippen LogP contribution in [0.2, 0.25) is 0 Å². The maximum absolute atomic E-state index is 13.1. The summed E-state index contributed by atoms with van der Waals surface area (Å²) in [4.78, 5) is 6.11. The number of nitrogens with zero attached hydrogens (tertiary/aromatic N) is 1. The Morgan fingerprint density at radius 3 is 2.16 bits per heavy atom. The predicted molar refractivity (Wildman–Crippen MR) is 178 cm³/mol. The van der Waals surface area contributed by atoms with E-state index in [1.165, 1.54) is 0 Å². The number of fused-ring (bicyclic) bond motifs is 3. The average molecular weight is 621 g/mol. The zero-order valence-corrected chi connectivity index (χ0v) is 25.9. The predicted octanol–water partition coefficient (Wildman–Crippen LogP) is 6.65. The van der Waals surface area contributed by atoms with Gasteiger partial charge in [-0.25, -0.2) is 8.42 Å². The van der Waals surface area contributed by atoms with Gasteiger partial charge >= 0.3 is 0 Å². The second kappa shape index (κ2) is 13.6. The van der Waals surface area contributed by atoms with Crippen LogP contribution >= 0.6 is 0 Å². The molecule has 0 bridgehead atoms. The molecule has 0 radical (unpaired) electrons. The number of nitrogens with one attached hydrogen (secondary N) is 1. The van der Waals surface area contributed by atoms with Gasteiger partial charge in [0.05, 0.1) is 22.4 Å². The number of sulfone groups is 1. The second-order valence-electron chi connectivity index (χ2n) is 11.1. The molecule has 1 unspecified atom stereocenters. The molecule has 0 spiro atoms. The molecule has 0 saturated carbocycles. The van der Waals surface area contributed by atoms with Crippen molar-refractivity contribution in [2.75, 3.05) is 26.8 Å². The zero-order chi connectivity index (χ0) is 31.2. The largest absolute Gasteiger partial charge is 0.497 e. The molecule has 0 fully saturated rings. The Balaban J connectivity index is 1.12. The lowest BCUT2D eigenvalue weighted by atomic mass is 10.1. The van der Waals surface area contributed by atoms with Crippen LogP contribution in [-0.2, 0) is 22.8 Å². The quantitative estimate of drug-likeness (QED) is 0.150. The molecule has 0 aliphatic carbocycles. The molecule has 7 nitrogen and oxygen atoms in total. The average Bonchev–Trinajstić information content (AvgIpc) is 3.46. The summed E-state index contributed by atoms with van der Waals surface area (Å²) in [5.74, 6) is 1.34. The highest BCUT2D eigenvalue weighted by atomic mass is 32.2. The van der Waals surface area contributed by atoms with Gasteiger partial charge < -0.3 is 19.6 Å². The summed E-state index contributed by atoms with van der Waals surface area (Å²) in [6, 6.07) is 37.6. The van der Waals surface area contributed by atoms with Crippen molar-refractivity contribution in [3.05, 3.63) is 132 Å². The lowest BCUT2D eigenvalue weighted by molar-refractivity contribution is 0.0665. The minimum absolute atomic E-state index is 0.155. The van der Waals surface area contributed by atoms with Crippen molar-refractivity contribution < 1.29 is 23.0 Å². The third-order valence-corrected chi connectivity index (χ3v) is 9.75. The van der Waals surface area contributed by atoms with E-state index >= 15 is 0 Å². The van der Waals surface area contributed by atoms with E-state index in [2.05, 4.69) is 28.1 Å². The van der Waals surface area contributed by atoms with Crippen LogP contribution in [-0.4, -0.2) is 56.3 Å². The van der Waals surface area contributed by atoms with Crippen LogP contribution in [0.5, 0.6) is 11.5 Å². The van der Waals surface area contributed by atoms with Crippen molar-refractivity contribution in [2.45, 2.75) is 28.9 Å². The summed E-state index contributed by atoms with van der Waals surface area (Å²) in [5, 5.41) is 13.2. The van der Waals surface area contributed by atoms with Gasteiger partial charge in [0.2, 0.25) is 9.84 Å². The van der Waals surface area contributed by atoms with Crippen LogP contribution < -0.4 is 9.47 Å². The Kier molecular flexibility index (Phi) is 9.16. The fraction of sp³-hybridized carbons (Fsp3) is 0.189. The number of aliphatic hydroxyl groups excluding tert-OH is 1. The highest BCUT2D eigenvalue weighted by Crippen LogP contribution is 2.33. The second-order valence-corrected chi connectivity index (χ2v) is 13.1. The van der Waals surface area contributed by atoms with Crippen LogP contribution in [0.15, 0.2) is 131 Å². The Morgan fingerprint density at radius 2 is 1.42 bits per heavy atom. The molecule has 6 rings (SSSR count). The molecule has 0 amide bonds. The van der Waals surface area contributed by atoms with E-state index in [9.17, 15) is 13.5 Å². The molecular weight excluding hydrogens is 584 g/mol. The normalized spacial score (nSPS) is 12.5. The van der Waals surface area contributed by atoms with E-state index in [1.54, 1.807) is 43.5 Å². The smallest absolute Gasteiger partial charge is 0.206 e. The number of aliphatic hydroxyl groups is 1. The first-order valence-corrected chi connectivity index (χ1v) is 16.4. The van der Waals surface area contributed by atoms with E-state index in [0.717, 1.165) is 38.7 Å². The lowest BCUT2D eigenvalue weighted by Gasteiger charge is -2.25. The number of aromatic amines is 1. The number of benzene rings is 5. The van der Waals surface area contributed by atoms with Gasteiger partial charge in [-0.3, -0.25) is 4.90 Å². The summed E-state index contributed by atoms with van der Waals surface area (Å²) < 4.78 is 37.6. The first kappa shape index (κ1) is 30.4. The molecular formula is C37H36N2O5S. The standard InChI is InChI=1S/C37H36N2O5S/c1-43-30-16-20-32(21-17-30)45(41,42)31-18-14-27(15-19-31)22-23-39(24-28-8-3-2-4-9-28)25-29(40)26-44-36-13-7-12-35-37(36)33-10-5-6-11-34(33)38-35/h2-21,29,38,40H,22-26H2,1H3. The Morgan fingerprint density at radius 1 is 0.756 bits per heavy atom. The van der Waals surface area contributed by atoms with Crippen molar-refractivity contribution in [1.29, 1.82) is 0 Å². The van der Waals surface area contributed by atoms with Gasteiger partial charge in [0.1, 0.15) is 24.2 Å². The Hall–Kier alpha value is -4.63. The molecule has 8 heteroatoms. The van der Waals surface area contributed by atoms with Crippen LogP contribution in [0, 0.1) is 0 Å². The molecule has 45 heavy (non-hydrogen) atoms. The van der Waals surface area contributed by atoms with E-state index in [0.29, 0.717) is 31.8 Å². The summed E-state index contributed by atoms with van der Waals surface area (Å²) in [6.45, 7) is 1.92. The fourth-order valence-corrected chi connectivity index (χ4v) is 6.88. The third-order valence-electron chi connectivity index (χ3n) is 7.96. The molecule has 6 aromatic rings. The summed E-state index contributed by atoms with van der Waals surface area (Å²) >= 11 is 0. The van der Waals surface area contributed by atoms with Gasteiger partial charge in [-0.1, -0.05) is 66.7 Å². The van der Waals surface area contributed by atoms with Gasteiger partial charge in [0.15, 0.2) is 0 Å². The maximum atomic E-state index is 13.1. The number of methoxy groups -OCH3 is 1. The number of aromatic nitrogens is 1. The monoisotopic (exact) mass is 620 g/mol. The highest BCUT2D eigenvalue weighted by Gasteiger charge is 2.19. The summed E-state index contributed by atoms with van der Waals surface area (Å²) in [7, 11) is -2.09. The van der Waals surface area contributed by atoms with Crippen molar-refractivity contribution in [3.63, 3.8) is 0 Å². The summed E-state index contributed by atoms with van der Waals surface area (Å²) in [5.41, 5.74) is 4.20. The van der Waals surface area contributed by atoms with Crippen molar-refractivity contribution in [3.8, 4) is 11.5 Å². The van der Waals surface area contributed by atoms with Gasteiger partial charge in [0, 0.05) is 35.9 Å². The van der Waals surface area contributed by atoms with Gasteiger partial charge in [-0.15, -0.1) is 0 Å². The molecule has 1 aromatic heterocycles. The van der Waals surface area contributed by atoms with Crippen LogP contribution in [0.3, 0.4) is 0 Å². The Labute approximate surface area is 263 Å². The number of rotatable bonds is 13. The highest BCUT2D eigenvalue weighted by molar-refractivity contribution is 7.91. The van der Waals surface area contributed by atoms with Crippen LogP contribution in [0.1, 0.15) is 11.1 Å². The van der Waals surface area contributed by atoms with Crippen LogP contribution in [0.25, 0.3) is 21.8 Å². The molecule has 1 atom stereocenters. The molecule has 230 valence electrons. The van der Waals surface area contributed by atoms with E-state index in [-0.39, 0.29) is 16.4 Å². The number of ether oxygens (including phenoxy) is 2. The minimum Gasteiger partial charge on any atom is -0.497 e. The van der Waals surface area contributed by atoms with Gasteiger partial charge in [-0.05, 0) is 72.1 Å². The lowest BCUT2D eigenvalue weighted by Crippen LogP contribution is -2.36. The minimum atomic E-state index is -3.64.